The van der Waals surface area contributed by atoms with Gasteiger partial charge in [0.25, 0.3) is 0 Å². The van der Waals surface area contributed by atoms with Gasteiger partial charge in [0.15, 0.2) is 5.96 Å². The summed E-state index contributed by atoms with van der Waals surface area (Å²) in [6.45, 7) is 2.94. The Labute approximate surface area is 146 Å². The minimum atomic E-state index is -4.32. The van der Waals surface area contributed by atoms with Crippen LogP contribution in [0.15, 0.2) is 41.4 Å². The van der Waals surface area contributed by atoms with Gasteiger partial charge in [-0.15, -0.1) is 24.0 Å². The summed E-state index contributed by atoms with van der Waals surface area (Å²) in [4.78, 5) is 4.02. The van der Waals surface area contributed by atoms with Gasteiger partial charge in [-0.3, -0.25) is 4.99 Å². The van der Waals surface area contributed by atoms with E-state index in [-0.39, 0.29) is 30.5 Å². The summed E-state index contributed by atoms with van der Waals surface area (Å²) in [7, 11) is 1.62. The van der Waals surface area contributed by atoms with Gasteiger partial charge in [-0.1, -0.05) is 24.3 Å². The minimum absolute atomic E-state index is 0. The van der Waals surface area contributed by atoms with E-state index in [0.29, 0.717) is 18.1 Å². The average Bonchev–Trinajstić information content (AvgIpc) is 2.46. The van der Waals surface area contributed by atoms with Crippen molar-refractivity contribution in [2.24, 2.45) is 4.99 Å². The smallest absolute Gasteiger partial charge is 0.356 e. The van der Waals surface area contributed by atoms with Gasteiger partial charge in [0.05, 0.1) is 5.56 Å². The molecular weight excluding hydrogens is 406 g/mol. The Morgan fingerprint density at radius 2 is 2.00 bits per heavy atom. The molecular formula is C15H21F3IN3. The molecule has 0 saturated carbocycles. The maximum absolute atomic E-state index is 12.6. The van der Waals surface area contributed by atoms with Crippen LogP contribution in [-0.2, 0) is 12.7 Å². The molecule has 0 unspecified atom stereocenters. The summed E-state index contributed by atoms with van der Waals surface area (Å²) in [5.41, 5.74) is -0.0842. The largest absolute Gasteiger partial charge is 0.416 e. The molecule has 1 aromatic carbocycles. The molecule has 1 aromatic rings. The lowest BCUT2D eigenvalue weighted by Crippen LogP contribution is -2.37. The van der Waals surface area contributed by atoms with E-state index < -0.39 is 11.7 Å². The van der Waals surface area contributed by atoms with Gasteiger partial charge in [0, 0.05) is 20.1 Å². The number of nitrogens with one attached hydrogen (secondary N) is 2. The van der Waals surface area contributed by atoms with Gasteiger partial charge in [0.1, 0.15) is 0 Å². The van der Waals surface area contributed by atoms with Crippen molar-refractivity contribution in [3.05, 3.63) is 47.5 Å². The summed E-state index contributed by atoms with van der Waals surface area (Å²) >= 11 is 0. The third-order valence-electron chi connectivity index (χ3n) is 2.78. The van der Waals surface area contributed by atoms with Crippen LogP contribution < -0.4 is 10.6 Å². The fourth-order valence-corrected chi connectivity index (χ4v) is 1.70. The maximum atomic E-state index is 12.6. The molecule has 0 saturated heterocycles. The van der Waals surface area contributed by atoms with Crippen LogP contribution in [0.2, 0.25) is 0 Å². The molecule has 0 aliphatic heterocycles. The molecule has 0 aromatic heterocycles. The number of aliphatic imine (C=N–C) groups is 1. The van der Waals surface area contributed by atoms with Gasteiger partial charge in [-0.2, -0.15) is 13.2 Å². The van der Waals surface area contributed by atoms with Gasteiger partial charge in [-0.25, -0.2) is 0 Å². The predicted molar refractivity (Wildman–Crippen MR) is 94.5 cm³/mol. The highest BCUT2D eigenvalue weighted by atomic mass is 127. The van der Waals surface area contributed by atoms with E-state index in [0.717, 1.165) is 18.6 Å². The monoisotopic (exact) mass is 427 g/mol. The summed E-state index contributed by atoms with van der Waals surface area (Å²) in [5.74, 6) is 0.567. The Bertz CT molecular complexity index is 499. The Hall–Kier alpha value is -1.25. The zero-order valence-electron chi connectivity index (χ0n) is 12.6. The number of rotatable bonds is 5. The van der Waals surface area contributed by atoms with E-state index in [1.807, 2.05) is 19.1 Å². The van der Waals surface area contributed by atoms with Gasteiger partial charge in [-0.05, 0) is 31.0 Å². The molecule has 0 radical (unpaired) electrons. The number of allylic oxidation sites excluding steroid dienone is 1. The van der Waals surface area contributed by atoms with E-state index in [1.54, 1.807) is 13.1 Å². The normalized spacial score (nSPS) is 12.1. The number of guanidine groups is 1. The molecule has 0 bridgehead atoms. The minimum Gasteiger partial charge on any atom is -0.356 e. The van der Waals surface area contributed by atoms with Crippen LogP contribution in [0.3, 0.4) is 0 Å². The lowest BCUT2D eigenvalue weighted by Gasteiger charge is -2.12. The van der Waals surface area contributed by atoms with E-state index in [1.165, 1.54) is 6.07 Å². The fourth-order valence-electron chi connectivity index (χ4n) is 1.70. The highest BCUT2D eigenvalue weighted by Crippen LogP contribution is 2.29. The molecule has 124 valence electrons. The van der Waals surface area contributed by atoms with Gasteiger partial charge >= 0.3 is 6.18 Å². The van der Waals surface area contributed by atoms with Crippen molar-refractivity contribution < 1.29 is 13.2 Å². The third-order valence-corrected chi connectivity index (χ3v) is 2.78. The number of benzene rings is 1. The molecule has 7 heteroatoms. The van der Waals surface area contributed by atoms with Crippen LogP contribution in [0.1, 0.15) is 24.5 Å². The quantitative estimate of drug-likeness (QED) is 0.246. The molecule has 3 nitrogen and oxygen atoms in total. The summed E-state index contributed by atoms with van der Waals surface area (Å²) in [5, 5.41) is 6.07. The Kier molecular flexibility index (Phi) is 9.88. The molecule has 0 atom stereocenters. The topological polar surface area (TPSA) is 36.4 Å². The first-order valence-electron chi connectivity index (χ1n) is 6.69. The first kappa shape index (κ1) is 20.8. The predicted octanol–water partition coefficient (Wildman–Crippen LogP) is 3.95. The summed E-state index contributed by atoms with van der Waals surface area (Å²) in [6.07, 6.45) is 0.525. The Morgan fingerprint density at radius 3 is 2.59 bits per heavy atom. The fraction of sp³-hybridized carbons (Fsp3) is 0.400. The zero-order chi connectivity index (χ0) is 15.7. The Balaban J connectivity index is 0.00000441. The SMILES string of the molecule is C/C=C/CCNC(=NC)NCc1cccc(C(F)(F)F)c1.I. The van der Waals surface area contributed by atoms with Crippen LogP contribution in [0, 0.1) is 0 Å². The second kappa shape index (κ2) is 10.5. The van der Waals surface area contributed by atoms with Crippen LogP contribution in [0.25, 0.3) is 0 Å². The molecule has 0 heterocycles. The van der Waals surface area contributed by atoms with E-state index in [2.05, 4.69) is 15.6 Å². The molecule has 1 rings (SSSR count). The van der Waals surface area contributed by atoms with Crippen molar-refractivity contribution >= 4 is 29.9 Å². The highest BCUT2D eigenvalue weighted by molar-refractivity contribution is 14.0. The summed E-state index contributed by atoms with van der Waals surface area (Å²) in [6, 6.07) is 5.26. The second-order valence-electron chi connectivity index (χ2n) is 4.41. The maximum Gasteiger partial charge on any atom is 0.416 e. The van der Waals surface area contributed by atoms with Crippen molar-refractivity contribution in [2.75, 3.05) is 13.6 Å². The first-order valence-corrected chi connectivity index (χ1v) is 6.69. The molecule has 22 heavy (non-hydrogen) atoms. The van der Waals surface area contributed by atoms with Crippen molar-refractivity contribution in [3.8, 4) is 0 Å². The molecule has 0 aliphatic rings. The Morgan fingerprint density at radius 1 is 1.27 bits per heavy atom. The molecule has 0 spiro atoms. The molecule has 0 fully saturated rings. The van der Waals surface area contributed by atoms with Crippen molar-refractivity contribution in [2.45, 2.75) is 26.1 Å². The lowest BCUT2D eigenvalue weighted by molar-refractivity contribution is -0.137. The van der Waals surface area contributed by atoms with E-state index in [4.69, 9.17) is 0 Å². The highest BCUT2D eigenvalue weighted by Gasteiger charge is 2.30. The standard InChI is InChI=1S/C15H20F3N3.HI/c1-3-4-5-9-20-14(19-2)21-11-12-7-6-8-13(10-12)15(16,17)18;/h3-4,6-8,10H,5,9,11H2,1-2H3,(H2,19,20,21);1H/b4-3+;. The second-order valence-corrected chi connectivity index (χ2v) is 4.41. The molecule has 0 aliphatic carbocycles. The number of nitrogens with zero attached hydrogens (tertiary/aromatic N) is 1. The summed E-state index contributed by atoms with van der Waals surface area (Å²) < 4.78 is 37.8. The van der Waals surface area contributed by atoms with Crippen LogP contribution in [-0.4, -0.2) is 19.6 Å². The van der Waals surface area contributed by atoms with Crippen molar-refractivity contribution in [3.63, 3.8) is 0 Å². The van der Waals surface area contributed by atoms with Crippen LogP contribution in [0.5, 0.6) is 0 Å². The number of halogens is 4. The molecule has 0 amide bonds. The number of hydrogen-bond acceptors (Lipinski definition) is 1. The number of alkyl halides is 3. The molecule has 2 N–H and O–H groups in total. The average molecular weight is 427 g/mol. The van der Waals surface area contributed by atoms with E-state index >= 15 is 0 Å². The van der Waals surface area contributed by atoms with Gasteiger partial charge < -0.3 is 10.6 Å². The first-order chi connectivity index (χ1) is 9.97. The van der Waals surface area contributed by atoms with Crippen molar-refractivity contribution in [1.29, 1.82) is 0 Å². The lowest BCUT2D eigenvalue weighted by atomic mass is 10.1. The van der Waals surface area contributed by atoms with Gasteiger partial charge in [0.2, 0.25) is 0 Å². The van der Waals surface area contributed by atoms with Crippen LogP contribution in [0.4, 0.5) is 13.2 Å². The van der Waals surface area contributed by atoms with E-state index in [9.17, 15) is 13.2 Å². The van der Waals surface area contributed by atoms with Crippen molar-refractivity contribution in [1.82, 2.24) is 10.6 Å². The van der Waals surface area contributed by atoms with Crippen LogP contribution >= 0.6 is 24.0 Å². The third kappa shape index (κ3) is 7.67. The zero-order valence-corrected chi connectivity index (χ0v) is 14.9. The number of hydrogen-bond donors (Lipinski definition) is 2.